The molecule has 0 aliphatic rings. The molecule has 2 amide bonds. The Hall–Kier alpha value is -3.15. The summed E-state index contributed by atoms with van der Waals surface area (Å²) in [6.07, 6.45) is 1.39. The third-order valence-electron chi connectivity index (χ3n) is 4.97. The number of aromatic nitrogens is 1. The van der Waals surface area contributed by atoms with Crippen LogP contribution in [0.4, 0.5) is 11.5 Å². The number of anilines is 2. The van der Waals surface area contributed by atoms with Crippen LogP contribution in [0.15, 0.2) is 53.4 Å². The summed E-state index contributed by atoms with van der Waals surface area (Å²) in [7, 11) is 1.40. The van der Waals surface area contributed by atoms with Gasteiger partial charge in [-0.25, -0.2) is 4.98 Å². The van der Waals surface area contributed by atoms with Crippen molar-refractivity contribution >= 4 is 86.6 Å². The molecule has 0 spiro atoms. The van der Waals surface area contributed by atoms with E-state index in [-0.39, 0.29) is 50.1 Å². The van der Waals surface area contributed by atoms with Gasteiger partial charge in [-0.2, -0.15) is 0 Å². The summed E-state index contributed by atoms with van der Waals surface area (Å²) in [5, 5.41) is 21.0. The highest BCUT2D eigenvalue weighted by atomic mass is 35.5. The van der Waals surface area contributed by atoms with Gasteiger partial charge in [-0.3, -0.25) is 15.0 Å². The van der Waals surface area contributed by atoms with Crippen molar-refractivity contribution < 1.29 is 14.3 Å². The molecule has 0 saturated heterocycles. The quantitative estimate of drug-likeness (QED) is 0.132. The SMILES string of the molecule is COc1cc(Cl)cc(C(=O)Nc2ccc(Cl)cn2)c1NC(=O)c1scc(CNC(=N)c2cccs2)c1Cl. The third kappa shape index (κ3) is 6.41. The van der Waals surface area contributed by atoms with Crippen LogP contribution in [-0.4, -0.2) is 29.7 Å². The Morgan fingerprint density at radius 1 is 1.05 bits per heavy atom. The minimum atomic E-state index is -0.569. The van der Waals surface area contributed by atoms with Crippen molar-refractivity contribution in [1.29, 1.82) is 5.41 Å². The molecule has 0 saturated carbocycles. The Bertz CT molecular complexity index is 1460. The summed E-state index contributed by atoms with van der Waals surface area (Å²) in [5.41, 5.74) is 0.841. The number of amides is 2. The monoisotopic (exact) mass is 593 g/mol. The van der Waals surface area contributed by atoms with E-state index in [1.54, 1.807) is 17.5 Å². The van der Waals surface area contributed by atoms with E-state index in [9.17, 15) is 9.59 Å². The van der Waals surface area contributed by atoms with Gasteiger partial charge < -0.3 is 20.7 Å². The first kappa shape index (κ1) is 26.9. The van der Waals surface area contributed by atoms with E-state index >= 15 is 0 Å². The molecule has 13 heteroatoms. The van der Waals surface area contributed by atoms with Gasteiger partial charge in [0, 0.05) is 29.4 Å². The molecule has 37 heavy (non-hydrogen) atoms. The molecule has 0 atom stereocenters. The molecular formula is C24H18Cl3N5O3S2. The van der Waals surface area contributed by atoms with Gasteiger partial charge in [-0.15, -0.1) is 22.7 Å². The van der Waals surface area contributed by atoms with Crippen LogP contribution in [0.5, 0.6) is 5.75 Å². The highest BCUT2D eigenvalue weighted by molar-refractivity contribution is 7.13. The van der Waals surface area contributed by atoms with E-state index < -0.39 is 11.8 Å². The highest BCUT2D eigenvalue weighted by Crippen LogP contribution is 2.35. The topological polar surface area (TPSA) is 116 Å². The van der Waals surface area contributed by atoms with Crippen molar-refractivity contribution in [3.8, 4) is 5.75 Å². The van der Waals surface area contributed by atoms with E-state index in [0.29, 0.717) is 10.6 Å². The minimum Gasteiger partial charge on any atom is -0.494 e. The molecule has 8 nitrogen and oxygen atoms in total. The predicted molar refractivity (Wildman–Crippen MR) is 150 cm³/mol. The molecule has 3 aromatic heterocycles. The molecule has 1 aromatic carbocycles. The molecule has 0 bridgehead atoms. The van der Waals surface area contributed by atoms with Crippen molar-refractivity contribution in [2.45, 2.75) is 6.54 Å². The number of halogens is 3. The maximum Gasteiger partial charge on any atom is 0.267 e. The van der Waals surface area contributed by atoms with Crippen LogP contribution in [0.25, 0.3) is 0 Å². The van der Waals surface area contributed by atoms with Crippen LogP contribution in [0, 0.1) is 5.41 Å². The zero-order valence-corrected chi connectivity index (χ0v) is 22.9. The van der Waals surface area contributed by atoms with E-state index in [0.717, 1.165) is 16.2 Å². The maximum absolute atomic E-state index is 13.2. The number of carbonyl (C=O) groups is 2. The smallest absolute Gasteiger partial charge is 0.267 e. The summed E-state index contributed by atoms with van der Waals surface area (Å²) >= 11 is 21.2. The van der Waals surface area contributed by atoms with Gasteiger partial charge in [0.25, 0.3) is 11.8 Å². The first-order valence-electron chi connectivity index (χ1n) is 10.5. The Morgan fingerprint density at radius 2 is 1.86 bits per heavy atom. The van der Waals surface area contributed by atoms with Crippen molar-refractivity contribution in [1.82, 2.24) is 10.3 Å². The van der Waals surface area contributed by atoms with Gasteiger partial charge >= 0.3 is 0 Å². The van der Waals surface area contributed by atoms with Crippen molar-refractivity contribution in [3.63, 3.8) is 0 Å². The first-order chi connectivity index (χ1) is 17.8. The number of rotatable bonds is 8. The average molecular weight is 595 g/mol. The molecule has 0 fully saturated rings. The van der Waals surface area contributed by atoms with Crippen LogP contribution in [-0.2, 0) is 6.54 Å². The summed E-state index contributed by atoms with van der Waals surface area (Å²) in [5.74, 6) is -0.389. The molecule has 0 unspecified atom stereocenters. The van der Waals surface area contributed by atoms with Gasteiger partial charge in [-0.1, -0.05) is 40.9 Å². The van der Waals surface area contributed by atoms with Gasteiger partial charge in [0.1, 0.15) is 22.3 Å². The molecule has 4 N–H and O–H groups in total. The number of hydrogen-bond donors (Lipinski definition) is 4. The van der Waals surface area contributed by atoms with Crippen molar-refractivity contribution in [3.05, 3.63) is 89.3 Å². The van der Waals surface area contributed by atoms with Crippen LogP contribution in [0.2, 0.25) is 15.1 Å². The predicted octanol–water partition coefficient (Wildman–Crippen LogP) is 6.79. The number of hydrogen-bond acceptors (Lipinski definition) is 7. The number of ether oxygens (including phenoxy) is 1. The van der Waals surface area contributed by atoms with Gasteiger partial charge in [-0.05, 0) is 35.0 Å². The second kappa shape index (κ2) is 11.9. The lowest BCUT2D eigenvalue weighted by Gasteiger charge is -2.15. The summed E-state index contributed by atoms with van der Waals surface area (Å²) in [6.45, 7) is 0.269. The third-order valence-corrected chi connectivity index (χ3v) is 7.87. The van der Waals surface area contributed by atoms with Gasteiger partial charge in [0.05, 0.1) is 33.3 Å². The normalized spacial score (nSPS) is 10.6. The molecule has 4 aromatic rings. The lowest BCUT2D eigenvalue weighted by molar-refractivity contribution is 0.102. The van der Waals surface area contributed by atoms with Crippen LogP contribution in [0.1, 0.15) is 30.5 Å². The number of nitrogens with zero attached hydrogens (tertiary/aromatic N) is 1. The fraction of sp³-hybridized carbons (Fsp3) is 0.0833. The first-order valence-corrected chi connectivity index (χ1v) is 13.4. The Balaban J connectivity index is 1.55. The minimum absolute atomic E-state index is 0.0633. The Labute approximate surface area is 235 Å². The van der Waals surface area contributed by atoms with E-state index in [2.05, 4.69) is 20.9 Å². The van der Waals surface area contributed by atoms with Crippen molar-refractivity contribution in [2.75, 3.05) is 17.7 Å². The maximum atomic E-state index is 13.2. The largest absolute Gasteiger partial charge is 0.494 e. The zero-order chi connectivity index (χ0) is 26.5. The zero-order valence-electron chi connectivity index (χ0n) is 19.0. The number of carbonyl (C=O) groups excluding carboxylic acids is 2. The van der Waals surface area contributed by atoms with Gasteiger partial charge in [0.2, 0.25) is 0 Å². The molecule has 4 rings (SSSR count). The number of methoxy groups -OCH3 is 1. The Kier molecular flexibility index (Phi) is 8.67. The van der Waals surface area contributed by atoms with Crippen molar-refractivity contribution in [2.24, 2.45) is 0 Å². The fourth-order valence-electron chi connectivity index (χ4n) is 3.20. The van der Waals surface area contributed by atoms with E-state index in [1.165, 1.54) is 36.8 Å². The summed E-state index contributed by atoms with van der Waals surface area (Å²) in [6, 6.07) is 9.71. The molecule has 3 heterocycles. The number of amidine groups is 1. The van der Waals surface area contributed by atoms with E-state index in [4.69, 9.17) is 44.9 Å². The molecular weight excluding hydrogens is 577 g/mol. The number of benzene rings is 1. The fourth-order valence-corrected chi connectivity index (χ4v) is 5.43. The highest BCUT2D eigenvalue weighted by Gasteiger charge is 2.23. The average Bonchev–Trinajstić information content (AvgIpc) is 3.55. The second-order valence-corrected chi connectivity index (χ2v) is 10.5. The lowest BCUT2D eigenvalue weighted by Crippen LogP contribution is -2.22. The summed E-state index contributed by atoms with van der Waals surface area (Å²) < 4.78 is 5.38. The summed E-state index contributed by atoms with van der Waals surface area (Å²) in [4.78, 5) is 31.4. The Morgan fingerprint density at radius 3 is 2.54 bits per heavy atom. The molecule has 190 valence electrons. The molecule has 0 aliphatic heterocycles. The number of thiophene rings is 2. The van der Waals surface area contributed by atoms with Gasteiger partial charge in [0.15, 0.2) is 0 Å². The van der Waals surface area contributed by atoms with Crippen LogP contribution < -0.4 is 20.7 Å². The standard InChI is InChI=1S/C24H18Cl3N5O3S2/c1-35-16-8-14(26)7-15(23(33)31-18-5-4-13(25)10-29-18)20(16)32-24(34)21-19(27)12(11-37-21)9-30-22(28)17-3-2-6-36-17/h2-8,10-11H,9H2,1H3,(H2,28,30)(H,32,34)(H,29,31,33). The van der Waals surface area contributed by atoms with E-state index in [1.807, 2.05) is 17.5 Å². The number of pyridine rings is 1. The lowest BCUT2D eigenvalue weighted by atomic mass is 10.1. The molecule has 0 radical (unpaired) electrons. The second-order valence-electron chi connectivity index (χ2n) is 7.41. The van der Waals surface area contributed by atoms with Crippen LogP contribution in [0.3, 0.4) is 0 Å². The van der Waals surface area contributed by atoms with Crippen LogP contribution >= 0.6 is 57.5 Å². The number of nitrogens with one attached hydrogen (secondary N) is 4. The molecule has 0 aliphatic carbocycles.